The average molecular weight is 400 g/mol. The Kier molecular flexibility index (Phi) is 5.50. The Morgan fingerprint density at radius 1 is 1.14 bits per heavy atom. The Bertz CT molecular complexity index is 1060. The molecule has 3 rings (SSSR count). The topological polar surface area (TPSA) is 146 Å². The van der Waals surface area contributed by atoms with Gasteiger partial charge in [0.05, 0.1) is 27.5 Å². The van der Waals surface area contributed by atoms with Gasteiger partial charge in [-0.25, -0.2) is 5.43 Å². The molecule has 2 aromatic heterocycles. The summed E-state index contributed by atoms with van der Waals surface area (Å²) in [7, 11) is 0. The highest BCUT2D eigenvalue weighted by Crippen LogP contribution is 2.22. The molecule has 0 bridgehead atoms. The number of amides is 1. The van der Waals surface area contributed by atoms with Crippen molar-refractivity contribution < 1.29 is 14.6 Å². The van der Waals surface area contributed by atoms with Gasteiger partial charge in [-0.05, 0) is 17.7 Å². The third kappa shape index (κ3) is 4.62. The van der Waals surface area contributed by atoms with Crippen LogP contribution in [0.4, 0.5) is 10.7 Å². The third-order valence-electron chi connectivity index (χ3n) is 3.52. The first-order chi connectivity index (χ1) is 13.4. The van der Waals surface area contributed by atoms with Crippen LogP contribution in [0, 0.1) is 20.2 Å². The summed E-state index contributed by atoms with van der Waals surface area (Å²) in [5.41, 5.74) is 3.22. The molecule has 12 heteroatoms. The first kappa shape index (κ1) is 18.8. The zero-order chi connectivity index (χ0) is 20.1. The van der Waals surface area contributed by atoms with Crippen LogP contribution in [0.1, 0.15) is 20.9 Å². The van der Waals surface area contributed by atoms with E-state index >= 15 is 0 Å². The summed E-state index contributed by atoms with van der Waals surface area (Å²) in [4.78, 5) is 32.9. The minimum absolute atomic E-state index is 0.00165. The Morgan fingerprint density at radius 2 is 1.89 bits per heavy atom. The van der Waals surface area contributed by atoms with E-state index in [9.17, 15) is 25.0 Å². The van der Waals surface area contributed by atoms with Crippen LogP contribution in [0.25, 0.3) is 0 Å². The molecule has 0 aliphatic carbocycles. The van der Waals surface area contributed by atoms with Gasteiger partial charge in [0.25, 0.3) is 11.6 Å². The van der Waals surface area contributed by atoms with Gasteiger partial charge in [-0.1, -0.05) is 23.5 Å². The van der Waals surface area contributed by atoms with E-state index in [4.69, 9.17) is 0 Å². The van der Waals surface area contributed by atoms with E-state index in [1.807, 2.05) is 0 Å². The lowest BCUT2D eigenvalue weighted by atomic mass is 10.2. The Labute approximate surface area is 161 Å². The van der Waals surface area contributed by atoms with Gasteiger partial charge >= 0.3 is 5.00 Å². The van der Waals surface area contributed by atoms with Gasteiger partial charge in [-0.2, -0.15) is 10.2 Å². The second-order valence-electron chi connectivity index (χ2n) is 5.45. The van der Waals surface area contributed by atoms with Crippen LogP contribution in [0.5, 0.6) is 0 Å². The molecule has 0 unspecified atom stereocenters. The zero-order valence-electron chi connectivity index (χ0n) is 14.1. The molecule has 0 saturated heterocycles. The first-order valence-electron chi connectivity index (χ1n) is 7.77. The number of hydrazone groups is 1. The second-order valence-corrected chi connectivity index (χ2v) is 6.55. The molecule has 0 spiro atoms. The number of hydrogen-bond acceptors (Lipinski definition) is 8. The Balaban J connectivity index is 1.58. The van der Waals surface area contributed by atoms with Crippen molar-refractivity contribution in [1.29, 1.82) is 0 Å². The van der Waals surface area contributed by atoms with Crippen LogP contribution < -0.4 is 5.43 Å². The summed E-state index contributed by atoms with van der Waals surface area (Å²) < 4.78 is 1.52. The smallest absolute Gasteiger partial charge is 0.268 e. The molecule has 0 fully saturated rings. The maximum absolute atomic E-state index is 12.1. The molecule has 0 atom stereocenters. The standard InChI is InChI=1S/C16H12N6O5S/c23-16(18-17-9-13-5-6-15(28-13)22(26)27)14-7-8-20(19-14)10-11-1-3-12(4-2-11)21(24)25/h1-9H,10H2,(H,18,23)/b17-9+. The van der Waals surface area contributed by atoms with Gasteiger partial charge < -0.3 is 0 Å². The van der Waals surface area contributed by atoms with Crippen LogP contribution in [-0.4, -0.2) is 31.7 Å². The van der Waals surface area contributed by atoms with Gasteiger partial charge in [0, 0.05) is 24.4 Å². The number of carbonyl (C=O) groups is 1. The number of nitrogens with one attached hydrogen (secondary N) is 1. The van der Waals surface area contributed by atoms with Crippen LogP contribution in [0.15, 0.2) is 53.8 Å². The molecule has 3 aromatic rings. The summed E-state index contributed by atoms with van der Waals surface area (Å²) >= 11 is 0.935. The quantitative estimate of drug-likeness (QED) is 0.366. The summed E-state index contributed by atoms with van der Waals surface area (Å²) in [6, 6.07) is 10.4. The van der Waals surface area contributed by atoms with Gasteiger partial charge in [0.1, 0.15) is 0 Å². The number of carbonyl (C=O) groups excluding carboxylic acids is 1. The zero-order valence-corrected chi connectivity index (χ0v) is 14.9. The fourth-order valence-electron chi connectivity index (χ4n) is 2.20. The number of nitrogens with zero attached hydrogens (tertiary/aromatic N) is 5. The molecule has 0 aliphatic heterocycles. The Hall–Kier alpha value is -3.93. The predicted octanol–water partition coefficient (Wildman–Crippen LogP) is 2.57. The average Bonchev–Trinajstić information content (AvgIpc) is 3.32. The fraction of sp³-hybridized carbons (Fsp3) is 0.0625. The Morgan fingerprint density at radius 3 is 2.54 bits per heavy atom. The molecule has 28 heavy (non-hydrogen) atoms. The van der Waals surface area contributed by atoms with E-state index in [1.165, 1.54) is 41.2 Å². The van der Waals surface area contributed by atoms with Crippen molar-refractivity contribution in [3.8, 4) is 0 Å². The highest BCUT2D eigenvalue weighted by atomic mass is 32.1. The van der Waals surface area contributed by atoms with E-state index in [0.29, 0.717) is 11.4 Å². The number of thiophene rings is 1. The number of aromatic nitrogens is 2. The van der Waals surface area contributed by atoms with Gasteiger partial charge in [-0.3, -0.25) is 29.7 Å². The molecular formula is C16H12N6O5S. The van der Waals surface area contributed by atoms with Gasteiger partial charge in [-0.15, -0.1) is 0 Å². The van der Waals surface area contributed by atoms with Crippen LogP contribution in [0.3, 0.4) is 0 Å². The maximum Gasteiger partial charge on any atom is 0.324 e. The van der Waals surface area contributed by atoms with Crippen molar-refractivity contribution in [2.75, 3.05) is 0 Å². The lowest BCUT2D eigenvalue weighted by Gasteiger charge is -2.01. The van der Waals surface area contributed by atoms with E-state index in [1.54, 1.807) is 18.3 Å². The van der Waals surface area contributed by atoms with E-state index < -0.39 is 15.8 Å². The van der Waals surface area contributed by atoms with E-state index in [2.05, 4.69) is 15.6 Å². The fourth-order valence-corrected chi connectivity index (χ4v) is 2.90. The molecule has 142 valence electrons. The monoisotopic (exact) mass is 400 g/mol. The largest absolute Gasteiger partial charge is 0.324 e. The summed E-state index contributed by atoms with van der Waals surface area (Å²) in [6.45, 7) is 0.341. The number of non-ortho nitro benzene ring substituents is 1. The summed E-state index contributed by atoms with van der Waals surface area (Å²) in [5.74, 6) is -0.537. The highest BCUT2D eigenvalue weighted by Gasteiger charge is 2.11. The van der Waals surface area contributed by atoms with E-state index in [0.717, 1.165) is 16.9 Å². The number of nitro groups is 2. The van der Waals surface area contributed by atoms with Crippen LogP contribution >= 0.6 is 11.3 Å². The summed E-state index contributed by atoms with van der Waals surface area (Å²) in [6.07, 6.45) is 2.91. The number of hydrogen-bond donors (Lipinski definition) is 1. The molecule has 0 aliphatic rings. The number of benzene rings is 1. The molecule has 1 N–H and O–H groups in total. The van der Waals surface area contributed by atoms with Gasteiger partial charge in [0.2, 0.25) is 0 Å². The number of nitro benzene ring substituents is 1. The van der Waals surface area contributed by atoms with Crippen LogP contribution in [0.2, 0.25) is 0 Å². The van der Waals surface area contributed by atoms with Crippen molar-refractivity contribution in [3.63, 3.8) is 0 Å². The van der Waals surface area contributed by atoms with Crippen molar-refractivity contribution in [2.45, 2.75) is 6.54 Å². The first-order valence-corrected chi connectivity index (χ1v) is 8.58. The lowest BCUT2D eigenvalue weighted by Crippen LogP contribution is -2.18. The molecular weight excluding hydrogens is 388 g/mol. The SMILES string of the molecule is O=C(N/N=C/c1ccc([N+](=O)[O-])s1)c1ccn(Cc2ccc([N+](=O)[O-])cc2)n1. The van der Waals surface area contributed by atoms with Crippen LogP contribution in [-0.2, 0) is 6.54 Å². The van der Waals surface area contributed by atoms with Gasteiger partial charge in [0.15, 0.2) is 5.69 Å². The lowest BCUT2D eigenvalue weighted by molar-refractivity contribution is -0.384. The minimum Gasteiger partial charge on any atom is -0.268 e. The van der Waals surface area contributed by atoms with Crippen molar-refractivity contribution in [3.05, 3.63) is 85.0 Å². The molecule has 0 radical (unpaired) electrons. The molecule has 1 amide bonds. The molecule has 11 nitrogen and oxygen atoms in total. The van der Waals surface area contributed by atoms with E-state index in [-0.39, 0.29) is 16.4 Å². The predicted molar refractivity (Wildman–Crippen MR) is 100 cm³/mol. The molecule has 1 aromatic carbocycles. The molecule has 2 heterocycles. The maximum atomic E-state index is 12.1. The van der Waals surface area contributed by atoms with Crippen molar-refractivity contribution >= 4 is 34.1 Å². The molecule has 0 saturated carbocycles. The normalized spacial score (nSPS) is 10.9. The highest BCUT2D eigenvalue weighted by molar-refractivity contribution is 7.16. The third-order valence-corrected chi connectivity index (χ3v) is 4.49. The van der Waals surface area contributed by atoms with Crippen molar-refractivity contribution in [1.82, 2.24) is 15.2 Å². The minimum atomic E-state index is -0.537. The second kappa shape index (κ2) is 8.18. The summed E-state index contributed by atoms with van der Waals surface area (Å²) in [5, 5.41) is 29.2. The van der Waals surface area contributed by atoms with Crippen molar-refractivity contribution in [2.24, 2.45) is 5.10 Å². The number of rotatable bonds is 7.